The van der Waals surface area contributed by atoms with Gasteiger partial charge < -0.3 is 9.88 Å². The summed E-state index contributed by atoms with van der Waals surface area (Å²) in [7, 11) is 0. The van der Waals surface area contributed by atoms with Crippen LogP contribution in [0, 0.1) is 0 Å². The first-order valence-corrected chi connectivity index (χ1v) is 10.6. The van der Waals surface area contributed by atoms with Gasteiger partial charge in [-0.25, -0.2) is 13.8 Å². The number of nitrogens with zero attached hydrogens (tertiary/aromatic N) is 2. The quantitative estimate of drug-likeness (QED) is 0.291. The van der Waals surface area contributed by atoms with Crippen LogP contribution in [0.3, 0.4) is 0 Å². The van der Waals surface area contributed by atoms with Crippen LogP contribution in [-0.4, -0.2) is 40.6 Å². The van der Waals surface area contributed by atoms with Gasteiger partial charge in [-0.05, 0) is 48.4 Å². The summed E-state index contributed by atoms with van der Waals surface area (Å²) in [6, 6.07) is 10.9. The van der Waals surface area contributed by atoms with Crippen molar-refractivity contribution in [2.24, 2.45) is 0 Å². The Kier molecular flexibility index (Phi) is 7.04. The van der Waals surface area contributed by atoms with Crippen molar-refractivity contribution in [1.82, 2.24) is 19.6 Å². The Labute approximate surface area is 177 Å². The minimum Gasteiger partial charge on any atom is -0.358 e. The van der Waals surface area contributed by atoms with Crippen molar-refractivity contribution in [3.05, 3.63) is 59.9 Å². The molecule has 158 valence electrons. The van der Waals surface area contributed by atoms with E-state index >= 15 is 0 Å². The van der Waals surface area contributed by atoms with Crippen molar-refractivity contribution < 1.29 is 18.4 Å². The number of carbonyl (C=O) groups excluding carboxylic acids is 2. The normalized spacial score (nSPS) is 11.4. The molecule has 2 amide bonds. The van der Waals surface area contributed by atoms with Gasteiger partial charge in [0.2, 0.25) is 12.3 Å². The van der Waals surface area contributed by atoms with Crippen molar-refractivity contribution in [3.8, 4) is 5.69 Å². The number of hydrogen-bond acceptors (Lipinski definition) is 4. The molecule has 0 saturated carbocycles. The molecule has 2 N–H and O–H groups in total. The standard InChI is InChI=1S/C21H22F2N4O2S/c1-30-26-20(29)16-2-4-18(5-3-16)27-11-7-17-12-15(13-25-19(17)27)6-8-21(22,23)9-10-24-14-28/h2-5,7,11-14H,6,8-10H2,1H3,(H,24,28)(H,26,29). The number of aryl methyl sites for hydroxylation is 1. The maximum atomic E-state index is 13.9. The average Bonchev–Trinajstić information content (AvgIpc) is 3.16. The van der Waals surface area contributed by atoms with Crippen LogP contribution in [0.5, 0.6) is 0 Å². The molecule has 2 heterocycles. The molecule has 0 radical (unpaired) electrons. The van der Waals surface area contributed by atoms with Gasteiger partial charge in [-0.3, -0.25) is 14.3 Å². The first kappa shape index (κ1) is 21.8. The van der Waals surface area contributed by atoms with E-state index in [1.54, 1.807) is 24.6 Å². The predicted molar refractivity (Wildman–Crippen MR) is 114 cm³/mol. The van der Waals surface area contributed by atoms with E-state index < -0.39 is 5.92 Å². The van der Waals surface area contributed by atoms with E-state index in [2.05, 4.69) is 15.0 Å². The molecule has 0 aliphatic carbocycles. The highest BCUT2D eigenvalue weighted by Gasteiger charge is 2.27. The van der Waals surface area contributed by atoms with Crippen molar-refractivity contribution >= 4 is 35.3 Å². The number of amides is 2. The molecule has 6 nitrogen and oxygen atoms in total. The molecule has 9 heteroatoms. The number of hydrogen-bond donors (Lipinski definition) is 2. The summed E-state index contributed by atoms with van der Waals surface area (Å²) in [6.07, 6.45) is 5.18. The molecule has 1 aromatic carbocycles. The SMILES string of the molecule is CSNC(=O)c1ccc(-n2ccc3cc(CCC(F)(F)CCNC=O)cnc32)cc1. The molecule has 0 atom stereocenters. The van der Waals surface area contributed by atoms with Crippen LogP contribution in [0.2, 0.25) is 0 Å². The van der Waals surface area contributed by atoms with Crippen molar-refractivity contribution in [2.45, 2.75) is 25.2 Å². The van der Waals surface area contributed by atoms with Crippen molar-refractivity contribution in [1.29, 1.82) is 0 Å². The monoisotopic (exact) mass is 432 g/mol. The van der Waals surface area contributed by atoms with Gasteiger partial charge in [-0.15, -0.1) is 0 Å². The van der Waals surface area contributed by atoms with E-state index in [9.17, 15) is 18.4 Å². The first-order valence-electron chi connectivity index (χ1n) is 9.38. The zero-order chi connectivity index (χ0) is 21.6. The number of fused-ring (bicyclic) bond motifs is 1. The lowest BCUT2D eigenvalue weighted by Crippen LogP contribution is -2.24. The second kappa shape index (κ2) is 9.71. The Morgan fingerprint density at radius 1 is 1.23 bits per heavy atom. The molecule has 3 rings (SSSR count). The van der Waals surface area contributed by atoms with E-state index in [-0.39, 0.29) is 31.7 Å². The summed E-state index contributed by atoms with van der Waals surface area (Å²) in [5.74, 6) is -3.01. The highest BCUT2D eigenvalue weighted by atomic mass is 32.2. The van der Waals surface area contributed by atoms with E-state index in [0.29, 0.717) is 17.6 Å². The number of benzene rings is 1. The topological polar surface area (TPSA) is 76.0 Å². The smallest absolute Gasteiger partial charge is 0.261 e. The van der Waals surface area contributed by atoms with Gasteiger partial charge in [0.15, 0.2) is 0 Å². The number of aromatic nitrogens is 2. The molecule has 0 saturated heterocycles. The highest BCUT2D eigenvalue weighted by Crippen LogP contribution is 2.26. The van der Waals surface area contributed by atoms with Crippen LogP contribution in [0.25, 0.3) is 16.7 Å². The zero-order valence-electron chi connectivity index (χ0n) is 16.4. The number of carbonyl (C=O) groups is 2. The summed E-state index contributed by atoms with van der Waals surface area (Å²) >= 11 is 1.24. The first-order chi connectivity index (χ1) is 14.4. The fraction of sp³-hybridized carbons (Fsp3) is 0.286. The second-order valence-electron chi connectivity index (χ2n) is 6.80. The lowest BCUT2D eigenvalue weighted by atomic mass is 10.0. The van der Waals surface area contributed by atoms with Gasteiger partial charge >= 0.3 is 0 Å². The van der Waals surface area contributed by atoms with Crippen LogP contribution < -0.4 is 10.0 Å². The number of alkyl halides is 2. The Hall–Kier alpha value is -2.94. The van der Waals surface area contributed by atoms with E-state index in [0.717, 1.165) is 16.6 Å². The third-order valence-electron chi connectivity index (χ3n) is 4.68. The number of halogens is 2. The molecule has 0 aliphatic rings. The van der Waals surface area contributed by atoms with Gasteiger partial charge in [-0.2, -0.15) is 0 Å². The summed E-state index contributed by atoms with van der Waals surface area (Å²) in [5, 5.41) is 3.11. The largest absolute Gasteiger partial charge is 0.358 e. The Morgan fingerprint density at radius 2 is 2.00 bits per heavy atom. The number of nitrogens with one attached hydrogen (secondary N) is 2. The van der Waals surface area contributed by atoms with Crippen LogP contribution in [0.4, 0.5) is 8.78 Å². The van der Waals surface area contributed by atoms with Crippen LogP contribution in [0.15, 0.2) is 48.8 Å². The fourth-order valence-corrected chi connectivity index (χ4v) is 3.41. The maximum Gasteiger partial charge on any atom is 0.261 e. The molecular formula is C21H22F2N4O2S. The predicted octanol–water partition coefficient (Wildman–Crippen LogP) is 3.74. The molecule has 3 aromatic rings. The lowest BCUT2D eigenvalue weighted by molar-refractivity contribution is -0.109. The van der Waals surface area contributed by atoms with Gasteiger partial charge in [0, 0.05) is 54.7 Å². The van der Waals surface area contributed by atoms with E-state index in [1.807, 2.05) is 35.0 Å². The molecule has 2 aromatic heterocycles. The van der Waals surface area contributed by atoms with Crippen LogP contribution in [0.1, 0.15) is 28.8 Å². The van der Waals surface area contributed by atoms with Crippen LogP contribution >= 0.6 is 11.9 Å². The number of rotatable bonds is 10. The van der Waals surface area contributed by atoms with E-state index in [4.69, 9.17) is 0 Å². The fourth-order valence-electron chi connectivity index (χ4n) is 3.11. The maximum absolute atomic E-state index is 13.9. The molecule has 0 bridgehead atoms. The molecule has 0 aliphatic heterocycles. The van der Waals surface area contributed by atoms with Gasteiger partial charge in [0.1, 0.15) is 5.65 Å². The van der Waals surface area contributed by atoms with Crippen molar-refractivity contribution in [2.75, 3.05) is 12.8 Å². The Bertz CT molecular complexity index is 1020. The summed E-state index contributed by atoms with van der Waals surface area (Å²) in [4.78, 5) is 26.5. The summed E-state index contributed by atoms with van der Waals surface area (Å²) in [5.41, 5.74) is 2.85. The third-order valence-corrected chi connectivity index (χ3v) is 5.07. The zero-order valence-corrected chi connectivity index (χ0v) is 17.2. The van der Waals surface area contributed by atoms with Gasteiger partial charge in [0.05, 0.1) is 0 Å². The summed E-state index contributed by atoms with van der Waals surface area (Å²) in [6.45, 7) is -0.0473. The molecule has 0 fully saturated rings. The minimum absolute atomic E-state index is 0.0473. The second-order valence-corrected chi connectivity index (χ2v) is 7.41. The minimum atomic E-state index is -2.85. The van der Waals surface area contributed by atoms with E-state index in [1.165, 1.54) is 11.9 Å². The van der Waals surface area contributed by atoms with Gasteiger partial charge in [-0.1, -0.05) is 11.9 Å². The molecule has 30 heavy (non-hydrogen) atoms. The van der Waals surface area contributed by atoms with Gasteiger partial charge in [0.25, 0.3) is 5.91 Å². The van der Waals surface area contributed by atoms with Crippen molar-refractivity contribution in [3.63, 3.8) is 0 Å². The molecular weight excluding hydrogens is 410 g/mol. The summed E-state index contributed by atoms with van der Waals surface area (Å²) < 4.78 is 32.4. The number of pyridine rings is 1. The van der Waals surface area contributed by atoms with Crippen LogP contribution in [-0.2, 0) is 11.2 Å². The molecule has 0 spiro atoms. The third kappa shape index (κ3) is 5.35. The highest BCUT2D eigenvalue weighted by molar-refractivity contribution is 7.97. The average molecular weight is 432 g/mol. The lowest BCUT2D eigenvalue weighted by Gasteiger charge is -2.15. The Balaban J connectivity index is 1.71. The molecule has 0 unspecified atom stereocenters. The Morgan fingerprint density at radius 3 is 2.70 bits per heavy atom.